The van der Waals surface area contributed by atoms with Crippen LogP contribution in [-0.4, -0.2) is 28.4 Å². The van der Waals surface area contributed by atoms with Crippen molar-refractivity contribution < 1.29 is 19.1 Å². The highest BCUT2D eigenvalue weighted by Gasteiger charge is 2.24. The first-order valence-electron chi connectivity index (χ1n) is 7.18. The third kappa shape index (κ3) is 2.63. The van der Waals surface area contributed by atoms with Crippen molar-refractivity contribution in [3.05, 3.63) is 35.6 Å². The number of para-hydroxylation sites is 1. The Labute approximate surface area is 122 Å². The van der Waals surface area contributed by atoms with Crippen molar-refractivity contribution in [2.75, 3.05) is 6.54 Å². The number of fused-ring (bicyclic) bond motifs is 1. The Balaban J connectivity index is 1.97. The van der Waals surface area contributed by atoms with Crippen LogP contribution in [0.1, 0.15) is 41.8 Å². The van der Waals surface area contributed by atoms with Gasteiger partial charge >= 0.3 is 5.97 Å². The molecule has 0 saturated carbocycles. The normalized spacial score (nSPS) is 16.2. The number of likely N-dealkylation sites (tertiary alicyclic amines) is 1. The van der Waals surface area contributed by atoms with E-state index in [4.69, 9.17) is 4.42 Å². The van der Waals surface area contributed by atoms with Crippen LogP contribution >= 0.6 is 0 Å². The van der Waals surface area contributed by atoms with Crippen LogP contribution in [0.25, 0.3) is 11.0 Å². The lowest BCUT2D eigenvalue weighted by atomic mass is 10.1. The topological polar surface area (TPSA) is 70.8 Å². The zero-order valence-electron chi connectivity index (χ0n) is 11.7. The lowest BCUT2D eigenvalue weighted by Gasteiger charge is -2.19. The SMILES string of the molecule is O=C(O)c1c(CN2CCCCCC2=O)oc2ccccc12. The number of aromatic carboxylic acids is 1. The number of hydrogen-bond donors (Lipinski definition) is 1. The number of carbonyl (C=O) groups excluding carboxylic acids is 1. The largest absolute Gasteiger partial charge is 0.478 e. The minimum atomic E-state index is -1.02. The van der Waals surface area contributed by atoms with Crippen molar-refractivity contribution in [2.24, 2.45) is 0 Å². The lowest BCUT2D eigenvalue weighted by molar-refractivity contribution is -0.131. The van der Waals surface area contributed by atoms with E-state index in [1.807, 2.05) is 0 Å². The maximum absolute atomic E-state index is 12.1. The molecular formula is C16H17NO4. The van der Waals surface area contributed by atoms with Gasteiger partial charge in [0, 0.05) is 18.4 Å². The van der Waals surface area contributed by atoms with Gasteiger partial charge in [0.15, 0.2) is 0 Å². The molecule has 1 N–H and O–H groups in total. The number of rotatable bonds is 3. The molecule has 3 rings (SSSR count). The molecule has 1 aromatic heterocycles. The van der Waals surface area contributed by atoms with E-state index in [1.165, 1.54) is 0 Å². The van der Waals surface area contributed by atoms with Gasteiger partial charge in [0.1, 0.15) is 16.9 Å². The summed E-state index contributed by atoms with van der Waals surface area (Å²) < 4.78 is 5.68. The van der Waals surface area contributed by atoms with Crippen LogP contribution in [-0.2, 0) is 11.3 Å². The standard InChI is InChI=1S/C16H17NO4/c18-14-8-2-1-5-9-17(14)10-13-15(16(19)20)11-6-3-4-7-12(11)21-13/h3-4,6-7H,1-2,5,8-10H2,(H,19,20). The van der Waals surface area contributed by atoms with Crippen LogP contribution < -0.4 is 0 Å². The van der Waals surface area contributed by atoms with Gasteiger partial charge in [0.25, 0.3) is 0 Å². The Morgan fingerprint density at radius 3 is 2.86 bits per heavy atom. The molecule has 1 saturated heterocycles. The van der Waals surface area contributed by atoms with Gasteiger partial charge in [-0.05, 0) is 18.9 Å². The van der Waals surface area contributed by atoms with E-state index >= 15 is 0 Å². The van der Waals surface area contributed by atoms with Crippen molar-refractivity contribution in [3.8, 4) is 0 Å². The number of furan rings is 1. The van der Waals surface area contributed by atoms with Gasteiger partial charge in [-0.25, -0.2) is 4.79 Å². The average Bonchev–Trinajstić information content (AvgIpc) is 2.71. The van der Waals surface area contributed by atoms with E-state index in [0.717, 1.165) is 19.3 Å². The summed E-state index contributed by atoms with van der Waals surface area (Å²) in [6, 6.07) is 7.06. The van der Waals surface area contributed by atoms with E-state index in [2.05, 4.69) is 0 Å². The van der Waals surface area contributed by atoms with Gasteiger partial charge in [-0.3, -0.25) is 4.79 Å². The van der Waals surface area contributed by atoms with Gasteiger partial charge in [-0.15, -0.1) is 0 Å². The second kappa shape index (κ2) is 5.60. The number of amides is 1. The summed E-state index contributed by atoms with van der Waals surface area (Å²) in [6.45, 7) is 0.893. The van der Waals surface area contributed by atoms with Gasteiger partial charge in [0.05, 0.1) is 6.54 Å². The minimum Gasteiger partial charge on any atom is -0.478 e. The molecule has 0 unspecified atom stereocenters. The average molecular weight is 287 g/mol. The van der Waals surface area contributed by atoms with Crippen LogP contribution in [0, 0.1) is 0 Å². The predicted octanol–water partition coefficient (Wildman–Crippen LogP) is 3.03. The fourth-order valence-corrected chi connectivity index (χ4v) is 2.82. The van der Waals surface area contributed by atoms with Crippen molar-refractivity contribution in [2.45, 2.75) is 32.2 Å². The van der Waals surface area contributed by atoms with E-state index in [1.54, 1.807) is 29.2 Å². The first-order valence-corrected chi connectivity index (χ1v) is 7.18. The molecule has 0 radical (unpaired) electrons. The van der Waals surface area contributed by atoms with Gasteiger partial charge in [0.2, 0.25) is 5.91 Å². The summed E-state index contributed by atoms with van der Waals surface area (Å²) in [7, 11) is 0. The fraction of sp³-hybridized carbons (Fsp3) is 0.375. The summed E-state index contributed by atoms with van der Waals surface area (Å²) in [4.78, 5) is 25.3. The summed E-state index contributed by atoms with van der Waals surface area (Å²) in [5, 5.41) is 10.0. The molecular weight excluding hydrogens is 270 g/mol. The molecule has 1 amide bonds. The molecule has 5 nitrogen and oxygen atoms in total. The van der Waals surface area contributed by atoms with E-state index in [9.17, 15) is 14.7 Å². The smallest absolute Gasteiger partial charge is 0.339 e. The van der Waals surface area contributed by atoms with E-state index < -0.39 is 5.97 Å². The van der Waals surface area contributed by atoms with Gasteiger partial charge < -0.3 is 14.4 Å². The maximum Gasteiger partial charge on any atom is 0.339 e. The third-order valence-electron chi connectivity index (χ3n) is 3.89. The molecule has 0 spiro atoms. The van der Waals surface area contributed by atoms with Crippen molar-refractivity contribution in [3.63, 3.8) is 0 Å². The number of nitrogens with zero attached hydrogens (tertiary/aromatic N) is 1. The lowest BCUT2D eigenvalue weighted by Crippen LogP contribution is -2.30. The molecule has 110 valence electrons. The molecule has 1 aromatic carbocycles. The zero-order valence-corrected chi connectivity index (χ0v) is 11.7. The number of hydrogen-bond acceptors (Lipinski definition) is 3. The summed E-state index contributed by atoms with van der Waals surface area (Å²) in [6.07, 6.45) is 3.42. The maximum atomic E-state index is 12.1. The van der Waals surface area contributed by atoms with Crippen LogP contribution in [0.3, 0.4) is 0 Å². The van der Waals surface area contributed by atoms with Gasteiger partial charge in [-0.1, -0.05) is 24.6 Å². The molecule has 5 heteroatoms. The Morgan fingerprint density at radius 1 is 1.24 bits per heavy atom. The molecule has 2 heterocycles. The Bertz CT molecular complexity index is 689. The molecule has 1 aliphatic rings. The molecule has 0 bridgehead atoms. The van der Waals surface area contributed by atoms with Gasteiger partial charge in [-0.2, -0.15) is 0 Å². The number of carboxylic acid groups (broad SMARTS) is 1. The second-order valence-corrected chi connectivity index (χ2v) is 5.33. The summed E-state index contributed by atoms with van der Waals surface area (Å²) in [5.41, 5.74) is 0.717. The first kappa shape index (κ1) is 13.7. The molecule has 0 aliphatic carbocycles. The molecule has 21 heavy (non-hydrogen) atoms. The molecule has 1 fully saturated rings. The summed E-state index contributed by atoms with van der Waals surface area (Å²) >= 11 is 0. The Hall–Kier alpha value is -2.30. The minimum absolute atomic E-state index is 0.0734. The summed E-state index contributed by atoms with van der Waals surface area (Å²) in [5.74, 6) is -0.583. The Morgan fingerprint density at radius 2 is 2.05 bits per heavy atom. The Kier molecular flexibility index (Phi) is 3.64. The van der Waals surface area contributed by atoms with Crippen molar-refractivity contribution in [1.82, 2.24) is 4.90 Å². The highest BCUT2D eigenvalue weighted by molar-refractivity contribution is 6.03. The van der Waals surface area contributed by atoms with Crippen LogP contribution in [0.4, 0.5) is 0 Å². The fourth-order valence-electron chi connectivity index (χ4n) is 2.82. The van der Waals surface area contributed by atoms with Crippen LogP contribution in [0.15, 0.2) is 28.7 Å². The predicted molar refractivity (Wildman–Crippen MR) is 77.1 cm³/mol. The van der Waals surface area contributed by atoms with Crippen LogP contribution in [0.5, 0.6) is 0 Å². The van der Waals surface area contributed by atoms with E-state index in [0.29, 0.717) is 29.7 Å². The number of carbonyl (C=O) groups is 2. The molecule has 0 atom stereocenters. The number of carboxylic acids is 1. The second-order valence-electron chi connectivity index (χ2n) is 5.33. The van der Waals surface area contributed by atoms with Crippen LogP contribution in [0.2, 0.25) is 0 Å². The third-order valence-corrected chi connectivity index (χ3v) is 3.89. The molecule has 2 aromatic rings. The monoisotopic (exact) mass is 287 g/mol. The zero-order chi connectivity index (χ0) is 14.8. The van der Waals surface area contributed by atoms with E-state index in [-0.39, 0.29) is 18.0 Å². The first-order chi connectivity index (χ1) is 10.2. The number of benzene rings is 1. The van der Waals surface area contributed by atoms with Crippen molar-refractivity contribution >= 4 is 22.8 Å². The highest BCUT2D eigenvalue weighted by atomic mass is 16.4. The van der Waals surface area contributed by atoms with Crippen molar-refractivity contribution in [1.29, 1.82) is 0 Å². The quantitative estimate of drug-likeness (QED) is 0.942. The highest BCUT2D eigenvalue weighted by Crippen LogP contribution is 2.27. The molecule has 1 aliphatic heterocycles.